The number of rotatable bonds is 10. The van der Waals surface area contributed by atoms with E-state index in [-0.39, 0.29) is 24.5 Å². The van der Waals surface area contributed by atoms with Crippen LogP contribution in [0.1, 0.15) is 62.0 Å². The minimum atomic E-state index is -0.138. The van der Waals surface area contributed by atoms with Gasteiger partial charge in [-0.25, -0.2) is 0 Å². The fourth-order valence-electron chi connectivity index (χ4n) is 4.24. The molecule has 7 heteroatoms. The van der Waals surface area contributed by atoms with Gasteiger partial charge in [-0.15, -0.1) is 0 Å². The minimum absolute atomic E-state index is 0.0217. The Hall–Kier alpha value is -3.22. The van der Waals surface area contributed by atoms with Gasteiger partial charge >= 0.3 is 0 Å². The van der Waals surface area contributed by atoms with E-state index in [0.717, 1.165) is 37.2 Å². The summed E-state index contributed by atoms with van der Waals surface area (Å²) in [7, 11) is 1.63. The van der Waals surface area contributed by atoms with Gasteiger partial charge in [0, 0.05) is 25.2 Å². The molecule has 1 unspecified atom stereocenters. The summed E-state index contributed by atoms with van der Waals surface area (Å²) < 4.78 is 16.9. The SMILES string of the molecule is CCOc1cc(C(=O)N(CC)C(C)c2cccc(OC)c2)ccc1OCC(=O)N1CCCCC1. The molecule has 2 aromatic carbocycles. The lowest BCUT2D eigenvalue weighted by atomic mass is 10.0. The summed E-state index contributed by atoms with van der Waals surface area (Å²) in [4.78, 5) is 29.6. The summed E-state index contributed by atoms with van der Waals surface area (Å²) in [5.74, 6) is 1.56. The van der Waals surface area contributed by atoms with E-state index >= 15 is 0 Å². The van der Waals surface area contributed by atoms with Gasteiger partial charge in [-0.1, -0.05) is 12.1 Å². The van der Waals surface area contributed by atoms with Crippen molar-refractivity contribution in [1.29, 1.82) is 0 Å². The second kappa shape index (κ2) is 12.3. The normalized spacial score (nSPS) is 14.3. The lowest BCUT2D eigenvalue weighted by molar-refractivity contribution is -0.134. The van der Waals surface area contributed by atoms with Gasteiger partial charge in [0.15, 0.2) is 18.1 Å². The first-order chi connectivity index (χ1) is 16.5. The maximum absolute atomic E-state index is 13.4. The molecule has 1 atom stereocenters. The monoisotopic (exact) mass is 468 g/mol. The standard InChI is InChI=1S/C27H36N2O5/c1-5-29(20(3)21-11-10-12-23(17-21)32-4)27(31)22-13-14-24(25(18-22)33-6-2)34-19-26(30)28-15-8-7-9-16-28/h10-14,17-18,20H,5-9,15-16,19H2,1-4H3. The first-order valence-electron chi connectivity index (χ1n) is 12.1. The molecule has 1 saturated heterocycles. The fourth-order valence-corrected chi connectivity index (χ4v) is 4.24. The van der Waals surface area contributed by atoms with Gasteiger partial charge in [-0.05, 0) is 75.9 Å². The molecule has 0 radical (unpaired) electrons. The second-order valence-corrected chi connectivity index (χ2v) is 8.37. The molecule has 2 amide bonds. The average molecular weight is 469 g/mol. The Morgan fingerprint density at radius 1 is 1.00 bits per heavy atom. The number of carbonyl (C=O) groups is 2. The van der Waals surface area contributed by atoms with Crippen molar-refractivity contribution >= 4 is 11.8 Å². The molecule has 1 aliphatic heterocycles. The summed E-state index contributed by atoms with van der Waals surface area (Å²) in [5, 5.41) is 0. The van der Waals surface area contributed by atoms with Crippen molar-refractivity contribution in [2.75, 3.05) is 40.0 Å². The lowest BCUT2D eigenvalue weighted by Gasteiger charge is -2.29. The van der Waals surface area contributed by atoms with E-state index in [1.807, 2.05) is 49.9 Å². The van der Waals surface area contributed by atoms with Crippen molar-refractivity contribution < 1.29 is 23.8 Å². The van der Waals surface area contributed by atoms with Crippen molar-refractivity contribution in [2.24, 2.45) is 0 Å². The van der Waals surface area contributed by atoms with Crippen LogP contribution >= 0.6 is 0 Å². The summed E-state index contributed by atoms with van der Waals surface area (Å²) in [5.41, 5.74) is 1.51. The quantitative estimate of drug-likeness (QED) is 0.505. The maximum Gasteiger partial charge on any atom is 0.260 e. The Bertz CT molecular complexity index is 971. The van der Waals surface area contributed by atoms with Crippen molar-refractivity contribution in [3.05, 3.63) is 53.6 Å². The van der Waals surface area contributed by atoms with E-state index in [2.05, 4.69) is 0 Å². The van der Waals surface area contributed by atoms with Crippen LogP contribution in [0.5, 0.6) is 17.2 Å². The Labute approximate surface area is 202 Å². The van der Waals surface area contributed by atoms with E-state index < -0.39 is 0 Å². The largest absolute Gasteiger partial charge is 0.497 e. The molecule has 0 saturated carbocycles. The predicted molar refractivity (Wildman–Crippen MR) is 132 cm³/mol. The van der Waals surface area contributed by atoms with Gasteiger partial charge in [0.1, 0.15) is 5.75 Å². The zero-order valence-corrected chi connectivity index (χ0v) is 20.7. The Morgan fingerprint density at radius 2 is 1.76 bits per heavy atom. The van der Waals surface area contributed by atoms with Crippen LogP contribution in [-0.2, 0) is 4.79 Å². The van der Waals surface area contributed by atoms with Crippen LogP contribution in [0.25, 0.3) is 0 Å². The van der Waals surface area contributed by atoms with E-state index in [0.29, 0.717) is 30.2 Å². The van der Waals surface area contributed by atoms with Crippen LogP contribution in [0.4, 0.5) is 0 Å². The predicted octanol–water partition coefficient (Wildman–Crippen LogP) is 4.71. The number of hydrogen-bond acceptors (Lipinski definition) is 5. The van der Waals surface area contributed by atoms with E-state index in [9.17, 15) is 9.59 Å². The number of ether oxygens (including phenoxy) is 3. The number of piperidine rings is 1. The van der Waals surface area contributed by atoms with E-state index in [4.69, 9.17) is 14.2 Å². The fraction of sp³-hybridized carbons (Fsp3) is 0.481. The smallest absolute Gasteiger partial charge is 0.260 e. The molecule has 0 aliphatic carbocycles. The third kappa shape index (κ3) is 6.22. The molecule has 184 valence electrons. The van der Waals surface area contributed by atoms with Crippen LogP contribution in [0, 0.1) is 0 Å². The van der Waals surface area contributed by atoms with Crippen molar-refractivity contribution in [3.63, 3.8) is 0 Å². The van der Waals surface area contributed by atoms with E-state index in [1.54, 1.807) is 30.2 Å². The molecule has 2 aromatic rings. The highest BCUT2D eigenvalue weighted by atomic mass is 16.5. The Kier molecular flexibility index (Phi) is 9.19. The zero-order valence-electron chi connectivity index (χ0n) is 20.7. The van der Waals surface area contributed by atoms with Gasteiger partial charge in [-0.2, -0.15) is 0 Å². The third-order valence-corrected chi connectivity index (χ3v) is 6.20. The third-order valence-electron chi connectivity index (χ3n) is 6.20. The number of methoxy groups -OCH3 is 1. The molecule has 0 N–H and O–H groups in total. The van der Waals surface area contributed by atoms with Crippen LogP contribution in [-0.4, -0.2) is 61.6 Å². The van der Waals surface area contributed by atoms with Crippen LogP contribution in [0.3, 0.4) is 0 Å². The van der Waals surface area contributed by atoms with Gasteiger partial charge in [0.05, 0.1) is 19.8 Å². The number of carbonyl (C=O) groups excluding carboxylic acids is 2. The minimum Gasteiger partial charge on any atom is -0.497 e. The second-order valence-electron chi connectivity index (χ2n) is 8.37. The van der Waals surface area contributed by atoms with Crippen LogP contribution < -0.4 is 14.2 Å². The van der Waals surface area contributed by atoms with Crippen LogP contribution in [0.2, 0.25) is 0 Å². The van der Waals surface area contributed by atoms with Gasteiger partial charge in [-0.3, -0.25) is 9.59 Å². The summed E-state index contributed by atoms with van der Waals surface area (Å²) >= 11 is 0. The summed E-state index contributed by atoms with van der Waals surface area (Å²) in [6, 6.07) is 12.8. The molecule has 3 rings (SSSR count). The first kappa shape index (κ1) is 25.4. The zero-order chi connectivity index (χ0) is 24.5. The maximum atomic E-state index is 13.4. The van der Waals surface area contributed by atoms with Gasteiger partial charge < -0.3 is 24.0 Å². The van der Waals surface area contributed by atoms with Crippen molar-refractivity contribution in [1.82, 2.24) is 9.80 Å². The summed E-state index contributed by atoms with van der Waals surface area (Å²) in [6.45, 7) is 8.33. The highest BCUT2D eigenvalue weighted by Crippen LogP contribution is 2.31. The Morgan fingerprint density at radius 3 is 2.44 bits per heavy atom. The Balaban J connectivity index is 1.75. The molecule has 34 heavy (non-hydrogen) atoms. The molecule has 0 spiro atoms. The molecule has 1 aliphatic rings. The molecular weight excluding hydrogens is 432 g/mol. The number of benzene rings is 2. The highest BCUT2D eigenvalue weighted by Gasteiger charge is 2.23. The first-order valence-corrected chi connectivity index (χ1v) is 12.1. The number of nitrogens with zero attached hydrogens (tertiary/aromatic N) is 2. The van der Waals surface area contributed by atoms with Crippen LogP contribution in [0.15, 0.2) is 42.5 Å². The topological polar surface area (TPSA) is 68.3 Å². The highest BCUT2D eigenvalue weighted by molar-refractivity contribution is 5.95. The molecule has 1 heterocycles. The van der Waals surface area contributed by atoms with Gasteiger partial charge in [0.2, 0.25) is 0 Å². The molecule has 0 bridgehead atoms. The summed E-state index contributed by atoms with van der Waals surface area (Å²) in [6.07, 6.45) is 3.24. The number of hydrogen-bond donors (Lipinski definition) is 0. The lowest BCUT2D eigenvalue weighted by Crippen LogP contribution is -2.38. The van der Waals surface area contributed by atoms with Crippen molar-refractivity contribution in [3.8, 4) is 17.2 Å². The number of amides is 2. The molecule has 0 aromatic heterocycles. The van der Waals surface area contributed by atoms with Crippen molar-refractivity contribution in [2.45, 2.75) is 46.1 Å². The molecule has 1 fully saturated rings. The van der Waals surface area contributed by atoms with E-state index in [1.165, 1.54) is 6.42 Å². The number of likely N-dealkylation sites (tertiary alicyclic amines) is 1. The molecule has 7 nitrogen and oxygen atoms in total. The molecular formula is C27H36N2O5. The van der Waals surface area contributed by atoms with Gasteiger partial charge in [0.25, 0.3) is 11.8 Å². The average Bonchev–Trinajstić information content (AvgIpc) is 2.88.